The fraction of sp³-hybridized carbons (Fsp3) is 0.0833. The molecular formula is C24H18IrN3O-. The third-order valence-electron chi connectivity index (χ3n) is 4.98. The average molecular weight is 557 g/mol. The van der Waals surface area contributed by atoms with Gasteiger partial charge in [0.25, 0.3) is 0 Å². The van der Waals surface area contributed by atoms with Crippen LogP contribution in [0.3, 0.4) is 0 Å². The summed E-state index contributed by atoms with van der Waals surface area (Å²) in [4.78, 5) is 8.84. The summed E-state index contributed by atoms with van der Waals surface area (Å²) in [5, 5.41) is 0. The Morgan fingerprint density at radius 3 is 2.45 bits per heavy atom. The fourth-order valence-electron chi connectivity index (χ4n) is 3.75. The monoisotopic (exact) mass is 557 g/mol. The number of oxazole rings is 1. The van der Waals surface area contributed by atoms with Crippen LogP contribution in [0.5, 0.6) is 0 Å². The van der Waals surface area contributed by atoms with Gasteiger partial charge in [-0.3, -0.25) is 4.98 Å². The molecule has 0 amide bonds. The molecule has 5 heteroatoms. The van der Waals surface area contributed by atoms with Crippen molar-refractivity contribution in [2.24, 2.45) is 0 Å². The average Bonchev–Trinajstić information content (AvgIpc) is 3.37. The van der Waals surface area contributed by atoms with Crippen LogP contribution in [0.1, 0.15) is 11.1 Å². The molecule has 3 aromatic carbocycles. The molecule has 0 aliphatic rings. The van der Waals surface area contributed by atoms with Gasteiger partial charge in [0.2, 0.25) is 0 Å². The first-order valence-electron chi connectivity index (χ1n) is 9.16. The Morgan fingerprint density at radius 2 is 1.69 bits per heavy atom. The Morgan fingerprint density at radius 1 is 0.931 bits per heavy atom. The minimum Gasteiger partial charge on any atom is -0.490 e. The van der Waals surface area contributed by atoms with Gasteiger partial charge in [-0.25, -0.2) is 4.98 Å². The second kappa shape index (κ2) is 7.78. The van der Waals surface area contributed by atoms with Crippen molar-refractivity contribution in [2.75, 3.05) is 0 Å². The maximum Gasteiger partial charge on any atom is 0.169 e. The molecule has 5 rings (SSSR count). The summed E-state index contributed by atoms with van der Waals surface area (Å²) >= 11 is 0. The maximum absolute atomic E-state index is 5.33. The Bertz CT molecular complexity index is 1260. The predicted molar refractivity (Wildman–Crippen MR) is 110 cm³/mol. The van der Waals surface area contributed by atoms with E-state index in [9.17, 15) is 0 Å². The Kier molecular flexibility index (Phi) is 5.18. The molecule has 5 aromatic rings. The van der Waals surface area contributed by atoms with Crippen LogP contribution in [-0.2, 0) is 20.1 Å². The van der Waals surface area contributed by atoms with Crippen molar-refractivity contribution in [3.8, 4) is 28.2 Å². The van der Waals surface area contributed by atoms with Gasteiger partial charge in [-0.15, -0.1) is 23.8 Å². The number of hydrogen-bond donors (Lipinski definition) is 0. The fourth-order valence-corrected chi connectivity index (χ4v) is 3.75. The van der Waals surface area contributed by atoms with Crippen LogP contribution < -0.4 is 0 Å². The first-order chi connectivity index (χ1) is 13.7. The van der Waals surface area contributed by atoms with Crippen molar-refractivity contribution in [2.45, 2.75) is 13.8 Å². The van der Waals surface area contributed by atoms with Gasteiger partial charge in [0, 0.05) is 43.7 Å². The van der Waals surface area contributed by atoms with Gasteiger partial charge in [0.1, 0.15) is 0 Å². The van der Waals surface area contributed by atoms with E-state index in [-0.39, 0.29) is 20.1 Å². The largest absolute Gasteiger partial charge is 0.490 e. The van der Waals surface area contributed by atoms with Crippen LogP contribution >= 0.6 is 0 Å². The number of rotatable bonds is 3. The smallest absolute Gasteiger partial charge is 0.169 e. The number of aryl methyl sites for hydroxylation is 2. The van der Waals surface area contributed by atoms with Gasteiger partial charge in [-0.2, -0.15) is 0 Å². The first kappa shape index (κ1) is 19.3. The third kappa shape index (κ3) is 3.44. The van der Waals surface area contributed by atoms with Gasteiger partial charge >= 0.3 is 0 Å². The summed E-state index contributed by atoms with van der Waals surface area (Å²) in [5.41, 5.74) is 8.38. The first-order valence-corrected chi connectivity index (χ1v) is 9.16. The van der Waals surface area contributed by atoms with E-state index in [0.717, 1.165) is 28.2 Å². The summed E-state index contributed by atoms with van der Waals surface area (Å²) in [7, 11) is 0. The Labute approximate surface area is 182 Å². The van der Waals surface area contributed by atoms with E-state index < -0.39 is 0 Å². The SMILES string of the molecule is Cc1cc(-c2ccccc2)cc(C)c1-n1ccnc1-c1[c-]cc2ocnc2c1.[Ir]. The second-order valence-corrected chi connectivity index (χ2v) is 6.89. The van der Waals surface area contributed by atoms with Crippen molar-refractivity contribution in [1.29, 1.82) is 0 Å². The molecule has 0 aliphatic carbocycles. The number of hydrogen-bond acceptors (Lipinski definition) is 3. The van der Waals surface area contributed by atoms with Gasteiger partial charge in [-0.05, 0) is 48.2 Å². The van der Waals surface area contributed by atoms with Gasteiger partial charge in [-0.1, -0.05) is 30.3 Å². The molecular weight excluding hydrogens is 539 g/mol. The molecule has 0 atom stereocenters. The van der Waals surface area contributed by atoms with Gasteiger partial charge < -0.3 is 8.98 Å². The number of nitrogens with zero attached hydrogens (tertiary/aromatic N) is 3. The summed E-state index contributed by atoms with van der Waals surface area (Å²) in [6, 6.07) is 21.9. The molecule has 145 valence electrons. The van der Waals surface area contributed by atoms with E-state index in [1.807, 2.05) is 30.6 Å². The molecule has 1 radical (unpaired) electrons. The molecule has 0 saturated carbocycles. The number of aromatic nitrogens is 3. The zero-order valence-electron chi connectivity index (χ0n) is 16.0. The van der Waals surface area contributed by atoms with Gasteiger partial charge in [0.15, 0.2) is 6.39 Å². The second-order valence-electron chi connectivity index (χ2n) is 6.89. The molecule has 0 unspecified atom stereocenters. The van der Waals surface area contributed by atoms with Crippen LogP contribution in [0.25, 0.3) is 39.3 Å². The van der Waals surface area contributed by atoms with Crippen molar-refractivity contribution in [1.82, 2.24) is 14.5 Å². The summed E-state index contributed by atoms with van der Waals surface area (Å²) in [6.45, 7) is 4.28. The molecule has 2 heterocycles. The molecule has 0 saturated heterocycles. The van der Waals surface area contributed by atoms with Crippen LogP contribution in [0, 0.1) is 19.9 Å². The van der Waals surface area contributed by atoms with E-state index >= 15 is 0 Å². The van der Waals surface area contributed by atoms with Crippen LogP contribution in [-0.4, -0.2) is 14.5 Å². The van der Waals surface area contributed by atoms with E-state index in [1.165, 1.54) is 28.6 Å². The molecule has 0 spiro atoms. The molecule has 4 nitrogen and oxygen atoms in total. The summed E-state index contributed by atoms with van der Waals surface area (Å²) in [6.07, 6.45) is 5.26. The molecule has 29 heavy (non-hydrogen) atoms. The molecule has 0 N–H and O–H groups in total. The normalized spacial score (nSPS) is 10.8. The predicted octanol–water partition coefficient (Wildman–Crippen LogP) is 5.76. The minimum atomic E-state index is 0. The van der Waals surface area contributed by atoms with E-state index in [4.69, 9.17) is 4.42 Å². The zero-order chi connectivity index (χ0) is 19.1. The zero-order valence-corrected chi connectivity index (χ0v) is 18.4. The molecule has 0 aliphatic heterocycles. The molecule has 2 aromatic heterocycles. The van der Waals surface area contributed by atoms with Crippen LogP contribution in [0.15, 0.2) is 77.8 Å². The summed E-state index contributed by atoms with van der Waals surface area (Å²) in [5.74, 6) is 0.837. The van der Waals surface area contributed by atoms with E-state index in [1.54, 1.807) is 0 Å². The van der Waals surface area contributed by atoms with Crippen LogP contribution in [0.4, 0.5) is 0 Å². The maximum atomic E-state index is 5.33. The number of imidazole rings is 1. The quantitative estimate of drug-likeness (QED) is 0.266. The molecule has 0 bridgehead atoms. The van der Waals surface area contributed by atoms with Crippen LogP contribution in [0.2, 0.25) is 0 Å². The summed E-state index contributed by atoms with van der Waals surface area (Å²) < 4.78 is 7.45. The van der Waals surface area contributed by atoms with Gasteiger partial charge in [0.05, 0.1) is 11.4 Å². The van der Waals surface area contributed by atoms with Crippen molar-refractivity contribution in [3.63, 3.8) is 0 Å². The third-order valence-corrected chi connectivity index (χ3v) is 4.98. The standard InChI is InChI=1S/C24H18N3O.Ir/c1-16-12-20(18-6-4-3-5-7-18)13-17(2)23(16)27-11-10-25-24(27)19-8-9-22-21(14-19)26-15-28-22;/h3-7,9-15H,1-2H3;/q-1;. The van der Waals surface area contributed by atoms with Crippen molar-refractivity contribution >= 4 is 11.1 Å². The van der Waals surface area contributed by atoms with E-state index in [2.05, 4.69) is 70.8 Å². The Balaban J connectivity index is 0.00000205. The minimum absolute atomic E-state index is 0. The number of fused-ring (bicyclic) bond motifs is 1. The van der Waals surface area contributed by atoms with Crippen molar-refractivity contribution < 1.29 is 24.5 Å². The van der Waals surface area contributed by atoms with E-state index in [0.29, 0.717) is 0 Å². The number of benzene rings is 3. The Hall–Kier alpha value is -3.01. The van der Waals surface area contributed by atoms with Crippen molar-refractivity contribution in [3.05, 3.63) is 90.6 Å². The molecule has 0 fully saturated rings. The topological polar surface area (TPSA) is 43.9 Å².